The highest BCUT2D eigenvalue weighted by Crippen LogP contribution is 2.42. The number of hydrogen-bond acceptors (Lipinski definition) is 2. The standard InChI is InChI=1S/C25H30N2O/c1-18(2)16-19-12-13-21(20-8-4-3-5-9-20)24(17-19)22-10-6-7-11-23(22)25(28)27-15-14-26/h3-5,8-9,12-13,17-18,22-23H,6-7,10-11,15-16H2,1-2H3,(H,27,28). The molecule has 0 aliphatic heterocycles. The molecule has 1 amide bonds. The summed E-state index contributed by atoms with van der Waals surface area (Å²) in [6, 6.07) is 19.3. The zero-order valence-corrected chi connectivity index (χ0v) is 16.9. The summed E-state index contributed by atoms with van der Waals surface area (Å²) < 4.78 is 0. The number of carbonyl (C=O) groups excluding carboxylic acids is 1. The Hall–Kier alpha value is -2.60. The lowest BCUT2D eigenvalue weighted by Crippen LogP contribution is -2.36. The Kier molecular flexibility index (Phi) is 6.87. The van der Waals surface area contributed by atoms with Crippen molar-refractivity contribution in [1.82, 2.24) is 5.32 Å². The summed E-state index contributed by atoms with van der Waals surface area (Å²) in [4.78, 5) is 12.8. The summed E-state index contributed by atoms with van der Waals surface area (Å²) in [6.45, 7) is 4.56. The first-order chi connectivity index (χ1) is 13.6. The first-order valence-electron chi connectivity index (χ1n) is 10.4. The van der Waals surface area contributed by atoms with Crippen LogP contribution in [0.15, 0.2) is 48.5 Å². The molecule has 0 heterocycles. The molecule has 0 radical (unpaired) electrons. The van der Waals surface area contributed by atoms with Gasteiger partial charge >= 0.3 is 0 Å². The van der Waals surface area contributed by atoms with Crippen molar-refractivity contribution in [3.8, 4) is 17.2 Å². The molecular formula is C25H30N2O. The number of nitrogens with zero attached hydrogens (tertiary/aromatic N) is 1. The predicted molar refractivity (Wildman–Crippen MR) is 114 cm³/mol. The number of benzene rings is 2. The Morgan fingerprint density at radius 1 is 1.14 bits per heavy atom. The molecule has 0 spiro atoms. The second-order valence-corrected chi connectivity index (χ2v) is 8.26. The highest BCUT2D eigenvalue weighted by molar-refractivity contribution is 5.81. The minimum atomic E-state index is -0.0566. The molecule has 0 aromatic heterocycles. The smallest absolute Gasteiger partial charge is 0.224 e. The van der Waals surface area contributed by atoms with Crippen LogP contribution in [-0.4, -0.2) is 12.5 Å². The minimum Gasteiger partial charge on any atom is -0.343 e. The second-order valence-electron chi connectivity index (χ2n) is 8.26. The Balaban J connectivity index is 2.02. The fourth-order valence-corrected chi connectivity index (χ4v) is 4.47. The molecule has 2 unspecified atom stereocenters. The van der Waals surface area contributed by atoms with E-state index in [0.717, 1.165) is 32.1 Å². The van der Waals surface area contributed by atoms with Crippen molar-refractivity contribution in [2.45, 2.75) is 51.9 Å². The van der Waals surface area contributed by atoms with E-state index in [0.29, 0.717) is 5.92 Å². The van der Waals surface area contributed by atoms with Crippen molar-refractivity contribution in [2.75, 3.05) is 6.54 Å². The van der Waals surface area contributed by atoms with Gasteiger partial charge < -0.3 is 5.32 Å². The van der Waals surface area contributed by atoms with Gasteiger partial charge in [0.15, 0.2) is 0 Å². The predicted octanol–water partition coefficient (Wildman–Crippen LogP) is 5.47. The molecule has 3 rings (SSSR count). The lowest BCUT2D eigenvalue weighted by molar-refractivity contribution is -0.126. The molecule has 1 aliphatic carbocycles. The summed E-state index contributed by atoms with van der Waals surface area (Å²) in [5, 5.41) is 11.7. The van der Waals surface area contributed by atoms with Crippen LogP contribution in [0.5, 0.6) is 0 Å². The number of rotatable bonds is 6. The van der Waals surface area contributed by atoms with Gasteiger partial charge in [-0.25, -0.2) is 0 Å². The summed E-state index contributed by atoms with van der Waals surface area (Å²) in [5.41, 5.74) is 5.07. The number of nitrogens with one attached hydrogen (secondary N) is 1. The van der Waals surface area contributed by atoms with Crippen LogP contribution < -0.4 is 5.32 Å². The van der Waals surface area contributed by atoms with Crippen LogP contribution in [-0.2, 0) is 11.2 Å². The Bertz CT molecular complexity index is 835. The van der Waals surface area contributed by atoms with Gasteiger partial charge in [0.05, 0.1) is 6.07 Å². The number of nitriles is 1. The third kappa shape index (κ3) is 4.81. The average Bonchev–Trinajstić information content (AvgIpc) is 2.72. The molecule has 1 N–H and O–H groups in total. The molecule has 2 aromatic rings. The number of amides is 1. The van der Waals surface area contributed by atoms with Gasteiger partial charge in [-0.3, -0.25) is 4.79 Å². The van der Waals surface area contributed by atoms with E-state index in [1.807, 2.05) is 12.1 Å². The Morgan fingerprint density at radius 3 is 2.61 bits per heavy atom. The highest BCUT2D eigenvalue weighted by atomic mass is 16.1. The maximum atomic E-state index is 12.8. The van der Waals surface area contributed by atoms with Crippen LogP contribution in [0.2, 0.25) is 0 Å². The van der Waals surface area contributed by atoms with E-state index in [-0.39, 0.29) is 24.3 Å². The largest absolute Gasteiger partial charge is 0.343 e. The molecule has 1 aliphatic rings. The molecule has 146 valence electrons. The van der Waals surface area contributed by atoms with Crippen molar-refractivity contribution in [3.63, 3.8) is 0 Å². The second kappa shape index (κ2) is 9.55. The van der Waals surface area contributed by atoms with Gasteiger partial charge in [0.2, 0.25) is 5.91 Å². The molecule has 3 heteroatoms. The molecule has 1 saturated carbocycles. The zero-order chi connectivity index (χ0) is 19.9. The van der Waals surface area contributed by atoms with Gasteiger partial charge in [0, 0.05) is 5.92 Å². The summed E-state index contributed by atoms with van der Waals surface area (Å²) in [6.07, 6.45) is 5.18. The van der Waals surface area contributed by atoms with Crippen LogP contribution in [0.25, 0.3) is 11.1 Å². The number of hydrogen-bond donors (Lipinski definition) is 1. The molecule has 0 bridgehead atoms. The molecule has 2 aromatic carbocycles. The highest BCUT2D eigenvalue weighted by Gasteiger charge is 2.33. The van der Waals surface area contributed by atoms with Crippen LogP contribution in [0.1, 0.15) is 56.6 Å². The van der Waals surface area contributed by atoms with E-state index in [1.165, 1.54) is 22.3 Å². The lowest BCUT2D eigenvalue weighted by atomic mass is 9.72. The van der Waals surface area contributed by atoms with E-state index >= 15 is 0 Å². The van der Waals surface area contributed by atoms with Crippen LogP contribution in [0.3, 0.4) is 0 Å². The van der Waals surface area contributed by atoms with Gasteiger partial charge in [-0.1, -0.05) is 75.2 Å². The van der Waals surface area contributed by atoms with Crippen LogP contribution in [0, 0.1) is 23.2 Å². The monoisotopic (exact) mass is 374 g/mol. The lowest BCUT2D eigenvalue weighted by Gasteiger charge is -2.32. The maximum absolute atomic E-state index is 12.8. The summed E-state index contributed by atoms with van der Waals surface area (Å²) in [7, 11) is 0. The molecule has 1 fully saturated rings. The van der Waals surface area contributed by atoms with Crippen LogP contribution in [0.4, 0.5) is 0 Å². The van der Waals surface area contributed by atoms with Crippen molar-refractivity contribution < 1.29 is 4.79 Å². The normalized spacial score (nSPS) is 19.2. The molecule has 28 heavy (non-hydrogen) atoms. The molecule has 3 nitrogen and oxygen atoms in total. The van der Waals surface area contributed by atoms with Crippen molar-refractivity contribution >= 4 is 5.91 Å². The van der Waals surface area contributed by atoms with Gasteiger partial charge in [0.25, 0.3) is 0 Å². The summed E-state index contributed by atoms with van der Waals surface area (Å²) in [5.74, 6) is 0.768. The van der Waals surface area contributed by atoms with E-state index in [9.17, 15) is 4.79 Å². The van der Waals surface area contributed by atoms with Gasteiger partial charge in [0.1, 0.15) is 6.54 Å². The molecular weight excluding hydrogens is 344 g/mol. The molecule has 2 atom stereocenters. The zero-order valence-electron chi connectivity index (χ0n) is 16.9. The SMILES string of the molecule is CC(C)Cc1ccc(-c2ccccc2)c(C2CCCCC2C(=O)NCC#N)c1. The van der Waals surface area contributed by atoms with E-state index < -0.39 is 0 Å². The van der Waals surface area contributed by atoms with Crippen molar-refractivity contribution in [3.05, 3.63) is 59.7 Å². The van der Waals surface area contributed by atoms with E-state index in [1.54, 1.807) is 0 Å². The summed E-state index contributed by atoms with van der Waals surface area (Å²) >= 11 is 0. The fraction of sp³-hybridized carbons (Fsp3) is 0.440. The third-order valence-electron chi connectivity index (χ3n) is 5.69. The minimum absolute atomic E-state index is 0.0273. The average molecular weight is 375 g/mol. The first-order valence-corrected chi connectivity index (χ1v) is 10.4. The fourth-order valence-electron chi connectivity index (χ4n) is 4.47. The third-order valence-corrected chi connectivity index (χ3v) is 5.69. The van der Waals surface area contributed by atoms with Gasteiger partial charge in [-0.05, 0) is 53.4 Å². The Morgan fingerprint density at radius 2 is 1.89 bits per heavy atom. The number of carbonyl (C=O) groups is 1. The van der Waals surface area contributed by atoms with E-state index in [2.05, 4.69) is 61.6 Å². The van der Waals surface area contributed by atoms with Gasteiger partial charge in [-0.2, -0.15) is 5.26 Å². The van der Waals surface area contributed by atoms with Crippen molar-refractivity contribution in [2.24, 2.45) is 11.8 Å². The van der Waals surface area contributed by atoms with Crippen LogP contribution >= 0.6 is 0 Å². The van der Waals surface area contributed by atoms with E-state index in [4.69, 9.17) is 5.26 Å². The van der Waals surface area contributed by atoms with Gasteiger partial charge in [-0.15, -0.1) is 0 Å². The topological polar surface area (TPSA) is 52.9 Å². The first kappa shape index (κ1) is 20.1. The quantitative estimate of drug-likeness (QED) is 0.682. The Labute approximate surface area is 168 Å². The molecule has 0 saturated heterocycles. The van der Waals surface area contributed by atoms with Crippen molar-refractivity contribution in [1.29, 1.82) is 5.26 Å². The maximum Gasteiger partial charge on any atom is 0.224 e.